The van der Waals surface area contributed by atoms with Crippen molar-refractivity contribution in [2.45, 2.75) is 53.2 Å². The highest BCUT2D eigenvalue weighted by Crippen LogP contribution is 2.07. The highest BCUT2D eigenvalue weighted by Gasteiger charge is 2.15. The predicted molar refractivity (Wildman–Crippen MR) is 72.4 cm³/mol. The van der Waals surface area contributed by atoms with Crippen molar-refractivity contribution < 1.29 is 4.74 Å². The standard InChI is InChI=1S/C13H26N4O/c1-6-18-8-12(10(2)3)14-7-13-15-9-16-17(13)11(4)5/h9-12,14H,6-8H2,1-5H3. The van der Waals surface area contributed by atoms with Gasteiger partial charge in [0.2, 0.25) is 0 Å². The van der Waals surface area contributed by atoms with Gasteiger partial charge in [0, 0.05) is 18.7 Å². The van der Waals surface area contributed by atoms with Gasteiger partial charge in [0.1, 0.15) is 12.2 Å². The van der Waals surface area contributed by atoms with Gasteiger partial charge in [-0.05, 0) is 26.7 Å². The Labute approximate surface area is 110 Å². The van der Waals surface area contributed by atoms with Gasteiger partial charge in [-0.15, -0.1) is 0 Å². The number of nitrogens with one attached hydrogen (secondary N) is 1. The third kappa shape index (κ3) is 4.38. The fraction of sp³-hybridized carbons (Fsp3) is 0.846. The van der Waals surface area contributed by atoms with Gasteiger partial charge in [-0.25, -0.2) is 9.67 Å². The molecule has 0 aliphatic heterocycles. The summed E-state index contributed by atoms with van der Waals surface area (Å²) < 4.78 is 7.45. The van der Waals surface area contributed by atoms with E-state index >= 15 is 0 Å². The Morgan fingerprint density at radius 3 is 2.61 bits per heavy atom. The second-order valence-electron chi connectivity index (χ2n) is 5.11. The topological polar surface area (TPSA) is 52.0 Å². The Kier molecular flexibility index (Phi) is 6.29. The number of ether oxygens (including phenoxy) is 1. The Hall–Kier alpha value is -0.940. The minimum Gasteiger partial charge on any atom is -0.380 e. The molecule has 18 heavy (non-hydrogen) atoms. The molecule has 1 rings (SSSR count). The van der Waals surface area contributed by atoms with Gasteiger partial charge in [0.05, 0.1) is 13.2 Å². The normalized spacial score (nSPS) is 13.5. The van der Waals surface area contributed by atoms with Gasteiger partial charge >= 0.3 is 0 Å². The molecule has 0 bridgehead atoms. The van der Waals surface area contributed by atoms with Crippen LogP contribution in [0.5, 0.6) is 0 Å². The van der Waals surface area contributed by atoms with Crippen LogP contribution < -0.4 is 5.32 Å². The molecule has 0 saturated carbocycles. The Morgan fingerprint density at radius 2 is 2.06 bits per heavy atom. The molecule has 0 spiro atoms. The first-order valence-corrected chi connectivity index (χ1v) is 6.75. The van der Waals surface area contributed by atoms with E-state index in [4.69, 9.17) is 4.74 Å². The van der Waals surface area contributed by atoms with Gasteiger partial charge in [-0.2, -0.15) is 5.10 Å². The second-order valence-corrected chi connectivity index (χ2v) is 5.11. The van der Waals surface area contributed by atoms with Crippen molar-refractivity contribution in [3.8, 4) is 0 Å². The summed E-state index contributed by atoms with van der Waals surface area (Å²) in [7, 11) is 0. The molecule has 1 N–H and O–H groups in total. The van der Waals surface area contributed by atoms with E-state index in [1.54, 1.807) is 6.33 Å². The fourth-order valence-corrected chi connectivity index (χ4v) is 1.79. The molecule has 1 atom stereocenters. The van der Waals surface area contributed by atoms with Crippen molar-refractivity contribution in [2.75, 3.05) is 13.2 Å². The molecule has 1 aromatic rings. The molecule has 1 unspecified atom stereocenters. The van der Waals surface area contributed by atoms with Crippen LogP contribution in [0.2, 0.25) is 0 Å². The smallest absolute Gasteiger partial charge is 0.141 e. The van der Waals surface area contributed by atoms with Crippen LogP contribution in [-0.4, -0.2) is 34.0 Å². The lowest BCUT2D eigenvalue weighted by atomic mass is 10.1. The monoisotopic (exact) mass is 254 g/mol. The lowest BCUT2D eigenvalue weighted by Gasteiger charge is -2.22. The maximum Gasteiger partial charge on any atom is 0.141 e. The summed E-state index contributed by atoms with van der Waals surface area (Å²) in [5, 5.41) is 7.74. The predicted octanol–water partition coefficient (Wildman–Crippen LogP) is 2.01. The number of hydrogen-bond acceptors (Lipinski definition) is 4. The zero-order chi connectivity index (χ0) is 13.5. The minimum atomic E-state index is 0.341. The highest BCUT2D eigenvalue weighted by molar-refractivity contribution is 4.87. The zero-order valence-corrected chi connectivity index (χ0v) is 12.2. The van der Waals surface area contributed by atoms with Gasteiger partial charge in [-0.1, -0.05) is 13.8 Å². The van der Waals surface area contributed by atoms with E-state index in [-0.39, 0.29) is 0 Å². The minimum absolute atomic E-state index is 0.341. The summed E-state index contributed by atoms with van der Waals surface area (Å²) in [5.41, 5.74) is 0. The number of rotatable bonds is 8. The van der Waals surface area contributed by atoms with Crippen LogP contribution in [0.15, 0.2) is 6.33 Å². The molecule has 1 aromatic heterocycles. The van der Waals surface area contributed by atoms with Gasteiger partial charge < -0.3 is 10.1 Å². The molecule has 0 aliphatic carbocycles. The first-order valence-electron chi connectivity index (χ1n) is 6.75. The van der Waals surface area contributed by atoms with Crippen molar-refractivity contribution in [1.82, 2.24) is 20.1 Å². The first-order chi connectivity index (χ1) is 8.56. The van der Waals surface area contributed by atoms with E-state index in [1.165, 1.54) is 0 Å². The lowest BCUT2D eigenvalue weighted by molar-refractivity contribution is 0.107. The summed E-state index contributed by atoms with van der Waals surface area (Å²) in [6.07, 6.45) is 1.62. The maximum atomic E-state index is 5.50. The van der Waals surface area contributed by atoms with Gasteiger partial charge in [-0.3, -0.25) is 0 Å². The van der Waals surface area contributed by atoms with Crippen LogP contribution >= 0.6 is 0 Å². The summed E-state index contributed by atoms with van der Waals surface area (Å²) in [4.78, 5) is 4.30. The summed E-state index contributed by atoms with van der Waals surface area (Å²) in [6, 6.07) is 0.691. The second kappa shape index (κ2) is 7.48. The molecule has 5 heteroatoms. The molecule has 0 fully saturated rings. The molecule has 0 radical (unpaired) electrons. The number of hydrogen-bond donors (Lipinski definition) is 1. The van der Waals surface area contributed by atoms with Crippen LogP contribution in [0, 0.1) is 5.92 Å². The van der Waals surface area contributed by atoms with Crippen molar-refractivity contribution in [1.29, 1.82) is 0 Å². The molecular weight excluding hydrogens is 228 g/mol. The molecule has 1 heterocycles. The SMILES string of the molecule is CCOCC(NCc1ncnn1C(C)C)C(C)C. The van der Waals surface area contributed by atoms with Crippen LogP contribution in [0.4, 0.5) is 0 Å². The largest absolute Gasteiger partial charge is 0.380 e. The Morgan fingerprint density at radius 1 is 1.33 bits per heavy atom. The van der Waals surface area contributed by atoms with Crippen molar-refractivity contribution in [3.63, 3.8) is 0 Å². The van der Waals surface area contributed by atoms with Gasteiger partial charge in [0.25, 0.3) is 0 Å². The van der Waals surface area contributed by atoms with Crippen molar-refractivity contribution in [2.24, 2.45) is 5.92 Å². The number of nitrogens with zero attached hydrogens (tertiary/aromatic N) is 3. The zero-order valence-electron chi connectivity index (χ0n) is 12.2. The van der Waals surface area contributed by atoms with E-state index in [0.717, 1.165) is 25.6 Å². The number of aromatic nitrogens is 3. The average molecular weight is 254 g/mol. The van der Waals surface area contributed by atoms with E-state index in [9.17, 15) is 0 Å². The average Bonchev–Trinajstić information content (AvgIpc) is 2.77. The summed E-state index contributed by atoms with van der Waals surface area (Å²) in [6.45, 7) is 12.9. The van der Waals surface area contributed by atoms with E-state index in [0.29, 0.717) is 18.0 Å². The van der Waals surface area contributed by atoms with Crippen LogP contribution in [0.25, 0.3) is 0 Å². The van der Waals surface area contributed by atoms with Crippen molar-refractivity contribution in [3.05, 3.63) is 12.2 Å². The van der Waals surface area contributed by atoms with Crippen LogP contribution in [-0.2, 0) is 11.3 Å². The molecule has 104 valence electrons. The summed E-state index contributed by atoms with van der Waals surface area (Å²) in [5.74, 6) is 1.51. The fourth-order valence-electron chi connectivity index (χ4n) is 1.79. The summed E-state index contributed by atoms with van der Waals surface area (Å²) >= 11 is 0. The first kappa shape index (κ1) is 15.1. The molecular formula is C13H26N4O. The highest BCUT2D eigenvalue weighted by atomic mass is 16.5. The lowest BCUT2D eigenvalue weighted by Crippen LogP contribution is -2.38. The molecule has 0 aromatic carbocycles. The van der Waals surface area contributed by atoms with E-state index in [1.807, 2.05) is 11.6 Å². The third-order valence-electron chi connectivity index (χ3n) is 2.97. The molecule has 0 saturated heterocycles. The molecule has 5 nitrogen and oxygen atoms in total. The third-order valence-corrected chi connectivity index (χ3v) is 2.97. The quantitative estimate of drug-likeness (QED) is 0.771. The molecule has 0 aliphatic rings. The van der Waals surface area contributed by atoms with Crippen molar-refractivity contribution >= 4 is 0 Å². The van der Waals surface area contributed by atoms with Gasteiger partial charge in [0.15, 0.2) is 0 Å². The van der Waals surface area contributed by atoms with Crippen LogP contribution in [0.3, 0.4) is 0 Å². The Balaban J connectivity index is 2.53. The molecule has 0 amide bonds. The Bertz CT molecular complexity index is 335. The van der Waals surface area contributed by atoms with E-state index in [2.05, 4.69) is 43.1 Å². The van der Waals surface area contributed by atoms with E-state index < -0.39 is 0 Å². The maximum absolute atomic E-state index is 5.50. The van der Waals surface area contributed by atoms with Crippen LogP contribution in [0.1, 0.15) is 46.5 Å².